The van der Waals surface area contributed by atoms with E-state index in [1.54, 1.807) is 40.9 Å². The number of pyridine rings is 1. The van der Waals surface area contributed by atoms with Crippen LogP contribution in [0, 0.1) is 11.8 Å². The Balaban J connectivity index is 1.77. The van der Waals surface area contributed by atoms with E-state index in [4.69, 9.17) is 25.5 Å². The van der Waals surface area contributed by atoms with Crippen molar-refractivity contribution in [3.8, 4) is 11.5 Å². The van der Waals surface area contributed by atoms with Gasteiger partial charge in [-0.2, -0.15) is 0 Å². The molecule has 1 aliphatic carbocycles. The van der Waals surface area contributed by atoms with Crippen LogP contribution in [0.25, 0.3) is 11.5 Å². The maximum Gasteiger partial charge on any atom is 0.408 e. The SMILES string of the molecule is COCCN(C[C@@H]1C[C@H]1C)c1cc(-c2nnc([C@@](C)(Cc3ccccc3)NC(=O)OC(C)(C)C)o2)c(Cl)c(NS(C)(=O)=O)n1. The van der Waals surface area contributed by atoms with Gasteiger partial charge in [0, 0.05) is 26.6 Å². The number of nitrogens with one attached hydrogen (secondary N) is 2. The van der Waals surface area contributed by atoms with Crippen molar-refractivity contribution in [3.63, 3.8) is 0 Å². The second kappa shape index (κ2) is 13.3. The molecule has 0 saturated heterocycles. The number of carbonyl (C=O) groups excluding carboxylic acids is 1. The fraction of sp³-hybridized carbons (Fsp3) is 0.533. The summed E-state index contributed by atoms with van der Waals surface area (Å²) in [6, 6.07) is 11.3. The highest BCUT2D eigenvalue weighted by molar-refractivity contribution is 7.92. The molecule has 2 heterocycles. The van der Waals surface area contributed by atoms with Gasteiger partial charge in [0.05, 0.1) is 23.4 Å². The highest BCUT2D eigenvalue weighted by atomic mass is 35.5. The topological polar surface area (TPSA) is 149 Å². The van der Waals surface area contributed by atoms with Gasteiger partial charge in [0.2, 0.25) is 21.8 Å². The summed E-state index contributed by atoms with van der Waals surface area (Å²) in [6.45, 7) is 10.9. The first kappa shape index (κ1) is 33.5. The number of hydrogen-bond acceptors (Lipinski definition) is 10. The molecule has 4 rings (SSSR count). The summed E-state index contributed by atoms with van der Waals surface area (Å²) < 4.78 is 44.0. The molecule has 1 saturated carbocycles. The fourth-order valence-electron chi connectivity index (χ4n) is 4.78. The molecular formula is C30H41ClN6O6S. The van der Waals surface area contributed by atoms with Gasteiger partial charge in [-0.25, -0.2) is 18.2 Å². The number of benzene rings is 1. The van der Waals surface area contributed by atoms with Crippen molar-refractivity contribution >= 4 is 39.4 Å². The normalized spacial score (nSPS) is 17.9. The number of rotatable bonds is 13. The van der Waals surface area contributed by atoms with Crippen LogP contribution in [0.1, 0.15) is 52.5 Å². The van der Waals surface area contributed by atoms with E-state index in [0.717, 1.165) is 18.2 Å². The molecule has 0 bridgehead atoms. The van der Waals surface area contributed by atoms with Gasteiger partial charge in [-0.1, -0.05) is 48.9 Å². The van der Waals surface area contributed by atoms with E-state index in [2.05, 4.69) is 32.1 Å². The molecule has 1 aliphatic rings. The molecule has 2 aromatic heterocycles. The van der Waals surface area contributed by atoms with Gasteiger partial charge in [0.25, 0.3) is 0 Å². The van der Waals surface area contributed by atoms with Gasteiger partial charge >= 0.3 is 6.09 Å². The molecule has 3 atom stereocenters. The molecule has 0 spiro atoms. The maximum atomic E-state index is 12.9. The third-order valence-electron chi connectivity index (χ3n) is 7.15. The molecule has 1 aromatic carbocycles. The van der Waals surface area contributed by atoms with Crippen LogP contribution in [-0.2, 0) is 31.5 Å². The third kappa shape index (κ3) is 9.05. The number of amides is 1. The molecule has 0 radical (unpaired) electrons. The van der Waals surface area contributed by atoms with Crippen molar-refractivity contribution in [3.05, 3.63) is 52.9 Å². The lowest BCUT2D eigenvalue weighted by molar-refractivity contribution is 0.0443. The number of alkyl carbamates (subject to hydrolysis) is 1. The number of ether oxygens (including phenoxy) is 2. The van der Waals surface area contributed by atoms with Crippen LogP contribution < -0.4 is 14.9 Å². The van der Waals surface area contributed by atoms with Crippen molar-refractivity contribution in [2.45, 2.75) is 58.6 Å². The molecule has 12 nitrogen and oxygen atoms in total. The second-order valence-corrected chi connectivity index (χ2v) is 14.6. The number of anilines is 2. The van der Waals surface area contributed by atoms with Gasteiger partial charge in [0.1, 0.15) is 17.0 Å². The van der Waals surface area contributed by atoms with Gasteiger partial charge in [0.15, 0.2) is 5.82 Å². The summed E-state index contributed by atoms with van der Waals surface area (Å²) in [4.78, 5) is 19.5. The quantitative estimate of drug-likeness (QED) is 0.252. The Morgan fingerprint density at radius 1 is 1.18 bits per heavy atom. The first-order valence-corrected chi connectivity index (χ1v) is 16.7. The fourth-order valence-corrected chi connectivity index (χ4v) is 5.56. The Bertz CT molecular complexity index is 1560. The van der Waals surface area contributed by atoms with E-state index in [9.17, 15) is 13.2 Å². The van der Waals surface area contributed by atoms with E-state index >= 15 is 0 Å². The van der Waals surface area contributed by atoms with E-state index in [1.165, 1.54) is 0 Å². The zero-order valence-electron chi connectivity index (χ0n) is 26.2. The Hall–Kier alpha value is -3.42. The lowest BCUT2D eigenvalue weighted by Gasteiger charge is -2.29. The summed E-state index contributed by atoms with van der Waals surface area (Å²) in [6.07, 6.45) is 1.78. The molecule has 14 heteroatoms. The predicted octanol–water partition coefficient (Wildman–Crippen LogP) is 5.25. The molecule has 0 aliphatic heterocycles. The Morgan fingerprint density at radius 2 is 1.86 bits per heavy atom. The summed E-state index contributed by atoms with van der Waals surface area (Å²) >= 11 is 6.73. The van der Waals surface area contributed by atoms with Crippen molar-refractivity contribution in [1.82, 2.24) is 20.5 Å². The zero-order chi connectivity index (χ0) is 32.3. The predicted molar refractivity (Wildman–Crippen MR) is 169 cm³/mol. The smallest absolute Gasteiger partial charge is 0.408 e. The lowest BCUT2D eigenvalue weighted by atomic mass is 9.92. The first-order chi connectivity index (χ1) is 20.6. The van der Waals surface area contributed by atoms with Crippen molar-refractivity contribution in [1.29, 1.82) is 0 Å². The van der Waals surface area contributed by atoms with Crippen LogP contribution in [0.5, 0.6) is 0 Å². The van der Waals surface area contributed by atoms with Gasteiger partial charge < -0.3 is 24.1 Å². The van der Waals surface area contributed by atoms with E-state index in [0.29, 0.717) is 43.8 Å². The minimum Gasteiger partial charge on any atom is -0.444 e. The molecule has 0 unspecified atom stereocenters. The highest BCUT2D eigenvalue weighted by Gasteiger charge is 2.38. The van der Waals surface area contributed by atoms with E-state index in [1.807, 2.05) is 35.2 Å². The van der Waals surface area contributed by atoms with Crippen LogP contribution in [-0.4, -0.2) is 68.4 Å². The maximum absolute atomic E-state index is 12.9. The third-order valence-corrected chi connectivity index (χ3v) is 8.10. The van der Waals surface area contributed by atoms with Gasteiger partial charge in [-0.3, -0.25) is 4.72 Å². The van der Waals surface area contributed by atoms with Crippen LogP contribution in [0.4, 0.5) is 16.4 Å². The number of carbonyl (C=O) groups is 1. The van der Waals surface area contributed by atoms with Crippen LogP contribution >= 0.6 is 11.6 Å². The number of halogens is 1. The monoisotopic (exact) mass is 648 g/mol. The average molecular weight is 649 g/mol. The van der Waals surface area contributed by atoms with Crippen molar-refractivity contribution in [2.24, 2.45) is 11.8 Å². The van der Waals surface area contributed by atoms with Crippen molar-refractivity contribution in [2.75, 3.05) is 42.7 Å². The Labute approximate surface area is 263 Å². The number of hydrogen-bond donors (Lipinski definition) is 2. The Kier molecular flexibility index (Phi) is 10.1. The zero-order valence-corrected chi connectivity index (χ0v) is 27.8. The first-order valence-electron chi connectivity index (χ1n) is 14.4. The molecule has 2 N–H and O–H groups in total. The minimum absolute atomic E-state index is 0.00859. The van der Waals surface area contributed by atoms with Crippen LogP contribution in [0.3, 0.4) is 0 Å². The molecular weight excluding hydrogens is 608 g/mol. The van der Waals surface area contributed by atoms with Crippen LogP contribution in [0.15, 0.2) is 40.8 Å². The highest BCUT2D eigenvalue weighted by Crippen LogP contribution is 2.41. The molecule has 1 fully saturated rings. The Morgan fingerprint density at radius 3 is 2.45 bits per heavy atom. The molecule has 44 heavy (non-hydrogen) atoms. The van der Waals surface area contributed by atoms with E-state index < -0.39 is 27.3 Å². The number of methoxy groups -OCH3 is 1. The number of aromatic nitrogens is 3. The van der Waals surface area contributed by atoms with Crippen molar-refractivity contribution < 1.29 is 27.1 Å². The van der Waals surface area contributed by atoms with Crippen LogP contribution in [0.2, 0.25) is 5.02 Å². The summed E-state index contributed by atoms with van der Waals surface area (Å²) in [5, 5.41) is 11.5. The molecule has 3 aromatic rings. The largest absolute Gasteiger partial charge is 0.444 e. The van der Waals surface area contributed by atoms with Gasteiger partial charge in [-0.15, -0.1) is 10.2 Å². The number of sulfonamides is 1. The second-order valence-electron chi connectivity index (χ2n) is 12.5. The number of nitrogens with zero attached hydrogens (tertiary/aromatic N) is 4. The van der Waals surface area contributed by atoms with E-state index in [-0.39, 0.29) is 28.2 Å². The molecule has 240 valence electrons. The molecule has 1 amide bonds. The minimum atomic E-state index is -3.73. The lowest BCUT2D eigenvalue weighted by Crippen LogP contribution is -2.47. The van der Waals surface area contributed by atoms with Gasteiger partial charge in [-0.05, 0) is 57.6 Å². The summed E-state index contributed by atoms with van der Waals surface area (Å²) in [5.41, 5.74) is -0.697. The summed E-state index contributed by atoms with van der Waals surface area (Å²) in [7, 11) is -2.11. The standard InChI is InChI=1S/C30H41ClN6O6S/c1-19-15-21(19)18-37(13-14-41-6)23-16-22(24(31)25(32-23)36-44(7,39)40)26-34-35-27(42-26)30(5,17-20-11-9-8-10-12-20)33-28(38)43-29(2,3)4/h8-12,16,19,21H,13-15,17-18H2,1-7H3,(H,32,36)(H,33,38)/t19-,21+,30-/m1/s1. The summed E-state index contributed by atoms with van der Waals surface area (Å²) in [5.74, 6) is 1.61. The average Bonchev–Trinajstić information content (AvgIpc) is 3.37.